The standard InChI is InChI=1S/C18H20N6O/c1-14-19-10-11-24(14)17-12-16(21-13-22-17)23-18(25)20-9-5-8-15-6-3-2-4-7-15/h2-4,6-7,10-13H,5,8-9H2,1H3,(H2,20,21,22,23,25). The first-order valence-electron chi connectivity index (χ1n) is 8.13. The van der Waals surface area contributed by atoms with Crippen molar-refractivity contribution in [3.8, 4) is 5.82 Å². The van der Waals surface area contributed by atoms with E-state index >= 15 is 0 Å². The van der Waals surface area contributed by atoms with Crippen molar-refractivity contribution >= 4 is 11.8 Å². The number of imidazole rings is 1. The van der Waals surface area contributed by atoms with E-state index in [9.17, 15) is 4.79 Å². The lowest BCUT2D eigenvalue weighted by atomic mass is 10.1. The fraction of sp³-hybridized carbons (Fsp3) is 0.222. The summed E-state index contributed by atoms with van der Waals surface area (Å²) in [5.74, 6) is 1.91. The number of nitrogens with one attached hydrogen (secondary N) is 2. The van der Waals surface area contributed by atoms with E-state index in [-0.39, 0.29) is 6.03 Å². The highest BCUT2D eigenvalue weighted by Crippen LogP contribution is 2.10. The molecule has 128 valence electrons. The number of hydrogen-bond acceptors (Lipinski definition) is 4. The smallest absolute Gasteiger partial charge is 0.320 e. The van der Waals surface area contributed by atoms with Crippen molar-refractivity contribution in [2.24, 2.45) is 0 Å². The monoisotopic (exact) mass is 336 g/mol. The summed E-state index contributed by atoms with van der Waals surface area (Å²) in [6, 6.07) is 11.6. The molecule has 0 unspecified atom stereocenters. The summed E-state index contributed by atoms with van der Waals surface area (Å²) in [5, 5.41) is 5.56. The summed E-state index contributed by atoms with van der Waals surface area (Å²) in [6.45, 7) is 2.48. The Balaban J connectivity index is 1.49. The van der Waals surface area contributed by atoms with Crippen molar-refractivity contribution in [2.45, 2.75) is 19.8 Å². The Morgan fingerprint density at radius 3 is 2.76 bits per heavy atom. The molecular weight excluding hydrogens is 316 g/mol. The van der Waals surface area contributed by atoms with Gasteiger partial charge in [0.05, 0.1) is 0 Å². The first-order chi connectivity index (χ1) is 12.2. The molecule has 0 bridgehead atoms. The van der Waals surface area contributed by atoms with Crippen molar-refractivity contribution in [3.63, 3.8) is 0 Å². The van der Waals surface area contributed by atoms with Crippen LogP contribution in [0.3, 0.4) is 0 Å². The number of amides is 2. The van der Waals surface area contributed by atoms with Gasteiger partial charge in [0.25, 0.3) is 0 Å². The van der Waals surface area contributed by atoms with Gasteiger partial charge in [-0.2, -0.15) is 0 Å². The van der Waals surface area contributed by atoms with Crippen LogP contribution in [0.15, 0.2) is 55.1 Å². The molecule has 7 heteroatoms. The molecule has 2 aromatic heterocycles. The fourth-order valence-electron chi connectivity index (χ4n) is 2.47. The Hall–Kier alpha value is -3.22. The lowest BCUT2D eigenvalue weighted by Crippen LogP contribution is -2.30. The second-order valence-electron chi connectivity index (χ2n) is 5.58. The van der Waals surface area contributed by atoms with E-state index in [1.807, 2.05) is 35.9 Å². The molecule has 3 aromatic rings. The number of urea groups is 1. The topological polar surface area (TPSA) is 84.7 Å². The molecule has 7 nitrogen and oxygen atoms in total. The first-order valence-corrected chi connectivity index (χ1v) is 8.13. The summed E-state index contributed by atoms with van der Waals surface area (Å²) < 4.78 is 1.82. The molecule has 0 aliphatic carbocycles. The van der Waals surface area contributed by atoms with Gasteiger partial charge in [0.1, 0.15) is 23.8 Å². The van der Waals surface area contributed by atoms with Crippen LogP contribution in [0.5, 0.6) is 0 Å². The van der Waals surface area contributed by atoms with Crippen LogP contribution in [0.4, 0.5) is 10.6 Å². The van der Waals surface area contributed by atoms with Gasteiger partial charge in [-0.05, 0) is 25.3 Å². The molecule has 0 radical (unpaired) electrons. The van der Waals surface area contributed by atoms with Crippen molar-refractivity contribution in [3.05, 3.63) is 66.5 Å². The average Bonchev–Trinajstić information content (AvgIpc) is 3.06. The van der Waals surface area contributed by atoms with Gasteiger partial charge in [0, 0.05) is 25.0 Å². The zero-order valence-electron chi connectivity index (χ0n) is 14.0. The van der Waals surface area contributed by atoms with Crippen LogP contribution in [-0.4, -0.2) is 32.1 Å². The maximum absolute atomic E-state index is 12.0. The molecule has 0 aliphatic heterocycles. The molecule has 2 heterocycles. The highest BCUT2D eigenvalue weighted by atomic mass is 16.2. The summed E-state index contributed by atoms with van der Waals surface area (Å²) >= 11 is 0. The number of rotatable bonds is 6. The number of hydrogen-bond donors (Lipinski definition) is 2. The Bertz CT molecular complexity index is 830. The number of carbonyl (C=O) groups excluding carboxylic acids is 1. The zero-order chi connectivity index (χ0) is 17.5. The molecule has 0 fully saturated rings. The van der Waals surface area contributed by atoms with E-state index in [2.05, 4.69) is 37.7 Å². The van der Waals surface area contributed by atoms with Gasteiger partial charge in [0.15, 0.2) is 0 Å². The molecule has 0 spiro atoms. The average molecular weight is 336 g/mol. The van der Waals surface area contributed by atoms with Crippen LogP contribution in [0, 0.1) is 6.92 Å². The molecule has 0 atom stereocenters. The van der Waals surface area contributed by atoms with Gasteiger partial charge < -0.3 is 5.32 Å². The lowest BCUT2D eigenvalue weighted by molar-refractivity contribution is 0.252. The van der Waals surface area contributed by atoms with E-state index in [0.717, 1.165) is 18.7 Å². The maximum atomic E-state index is 12.0. The van der Waals surface area contributed by atoms with Gasteiger partial charge in [0.2, 0.25) is 0 Å². The van der Waals surface area contributed by atoms with Crippen molar-refractivity contribution in [1.29, 1.82) is 0 Å². The van der Waals surface area contributed by atoms with Crippen LogP contribution in [0.2, 0.25) is 0 Å². The molecule has 1 aromatic carbocycles. The second kappa shape index (κ2) is 8.05. The normalized spacial score (nSPS) is 10.4. The molecular formula is C18H20N6O. The minimum absolute atomic E-state index is 0.278. The molecule has 0 saturated heterocycles. The third-order valence-electron chi connectivity index (χ3n) is 3.74. The van der Waals surface area contributed by atoms with Crippen LogP contribution < -0.4 is 10.6 Å². The van der Waals surface area contributed by atoms with Crippen LogP contribution in [0.25, 0.3) is 5.82 Å². The summed E-state index contributed by atoms with van der Waals surface area (Å²) in [7, 11) is 0. The zero-order valence-corrected chi connectivity index (χ0v) is 14.0. The number of carbonyl (C=O) groups is 1. The Labute approximate surface area is 146 Å². The highest BCUT2D eigenvalue weighted by Gasteiger charge is 2.06. The lowest BCUT2D eigenvalue weighted by Gasteiger charge is -2.09. The molecule has 0 aliphatic rings. The Kier molecular flexibility index (Phi) is 5.36. The largest absolute Gasteiger partial charge is 0.338 e. The number of anilines is 1. The van der Waals surface area contributed by atoms with Gasteiger partial charge >= 0.3 is 6.03 Å². The first kappa shape index (κ1) is 16.6. The SMILES string of the molecule is Cc1nccn1-c1cc(NC(=O)NCCCc2ccccc2)ncn1. The van der Waals surface area contributed by atoms with Crippen molar-refractivity contribution in [2.75, 3.05) is 11.9 Å². The van der Waals surface area contributed by atoms with Gasteiger partial charge in [-0.15, -0.1) is 0 Å². The predicted molar refractivity (Wildman–Crippen MR) is 95.7 cm³/mol. The second-order valence-corrected chi connectivity index (χ2v) is 5.58. The summed E-state index contributed by atoms with van der Waals surface area (Å²) in [6.07, 6.45) is 6.73. The molecule has 2 N–H and O–H groups in total. The van der Waals surface area contributed by atoms with E-state index in [1.54, 1.807) is 12.3 Å². The van der Waals surface area contributed by atoms with Crippen LogP contribution in [0.1, 0.15) is 17.8 Å². The molecule has 25 heavy (non-hydrogen) atoms. The Morgan fingerprint density at radius 2 is 2.00 bits per heavy atom. The van der Waals surface area contributed by atoms with E-state index in [4.69, 9.17) is 0 Å². The molecule has 2 amide bonds. The van der Waals surface area contributed by atoms with Gasteiger partial charge in [-0.3, -0.25) is 9.88 Å². The van der Waals surface area contributed by atoms with E-state index < -0.39 is 0 Å². The number of aromatic nitrogens is 4. The van der Waals surface area contributed by atoms with Crippen LogP contribution >= 0.6 is 0 Å². The number of aryl methyl sites for hydroxylation is 2. The highest BCUT2D eigenvalue weighted by molar-refractivity contribution is 5.88. The van der Waals surface area contributed by atoms with E-state index in [0.29, 0.717) is 18.2 Å². The van der Waals surface area contributed by atoms with Crippen molar-refractivity contribution in [1.82, 2.24) is 24.8 Å². The van der Waals surface area contributed by atoms with Crippen LogP contribution in [-0.2, 0) is 6.42 Å². The predicted octanol–water partition coefficient (Wildman–Crippen LogP) is 2.73. The third kappa shape index (κ3) is 4.63. The van der Waals surface area contributed by atoms with Gasteiger partial charge in [-0.1, -0.05) is 30.3 Å². The molecule has 0 saturated carbocycles. The van der Waals surface area contributed by atoms with E-state index in [1.165, 1.54) is 11.9 Å². The quantitative estimate of drug-likeness (QED) is 0.678. The Morgan fingerprint density at radius 1 is 1.16 bits per heavy atom. The minimum Gasteiger partial charge on any atom is -0.338 e. The van der Waals surface area contributed by atoms with Gasteiger partial charge in [-0.25, -0.2) is 19.7 Å². The van der Waals surface area contributed by atoms with Crippen molar-refractivity contribution < 1.29 is 4.79 Å². The molecule has 3 rings (SSSR count). The minimum atomic E-state index is -0.278. The third-order valence-corrected chi connectivity index (χ3v) is 3.74. The number of nitrogens with zero attached hydrogens (tertiary/aromatic N) is 4. The number of benzene rings is 1. The fourth-order valence-corrected chi connectivity index (χ4v) is 2.47. The summed E-state index contributed by atoms with van der Waals surface area (Å²) in [4.78, 5) is 24.4. The summed E-state index contributed by atoms with van der Waals surface area (Å²) in [5.41, 5.74) is 1.26. The maximum Gasteiger partial charge on any atom is 0.320 e.